The normalized spacial score (nSPS) is 15.9. The van der Waals surface area contributed by atoms with Crippen molar-refractivity contribution in [2.45, 2.75) is 84.3 Å². The maximum Gasteiger partial charge on any atom is 0.261 e. The van der Waals surface area contributed by atoms with Crippen molar-refractivity contribution in [1.29, 1.82) is 0 Å². The second-order valence-electron chi connectivity index (χ2n) is 9.25. The van der Waals surface area contributed by atoms with Gasteiger partial charge in [-0.05, 0) is 78.8 Å². The van der Waals surface area contributed by atoms with Gasteiger partial charge in [-0.25, -0.2) is 0 Å². The molecule has 1 amide bonds. The first-order chi connectivity index (χ1) is 13.8. The smallest absolute Gasteiger partial charge is 0.261 e. The van der Waals surface area contributed by atoms with Gasteiger partial charge in [-0.3, -0.25) is 4.79 Å². The van der Waals surface area contributed by atoms with E-state index in [9.17, 15) is 4.79 Å². The van der Waals surface area contributed by atoms with E-state index < -0.39 is 6.10 Å². The van der Waals surface area contributed by atoms with E-state index in [1.165, 1.54) is 41.5 Å². The fourth-order valence-corrected chi connectivity index (χ4v) is 3.93. The molecule has 0 aromatic heterocycles. The van der Waals surface area contributed by atoms with Crippen molar-refractivity contribution in [1.82, 2.24) is 5.32 Å². The van der Waals surface area contributed by atoms with Crippen molar-refractivity contribution in [3.05, 3.63) is 64.7 Å². The van der Waals surface area contributed by atoms with Crippen LogP contribution in [0.5, 0.6) is 5.75 Å². The summed E-state index contributed by atoms with van der Waals surface area (Å²) >= 11 is 0. The monoisotopic (exact) mass is 393 g/mol. The van der Waals surface area contributed by atoms with Crippen molar-refractivity contribution >= 4 is 5.91 Å². The number of carbonyl (C=O) groups excluding carboxylic acids is 1. The van der Waals surface area contributed by atoms with Crippen molar-refractivity contribution in [3.63, 3.8) is 0 Å². The van der Waals surface area contributed by atoms with Crippen LogP contribution in [0.15, 0.2) is 42.5 Å². The van der Waals surface area contributed by atoms with Crippen LogP contribution < -0.4 is 10.1 Å². The van der Waals surface area contributed by atoms with Crippen molar-refractivity contribution in [3.8, 4) is 5.75 Å². The zero-order valence-corrected chi connectivity index (χ0v) is 18.5. The number of benzene rings is 2. The number of nitrogens with one attached hydrogen (secondary N) is 1. The molecule has 0 saturated heterocycles. The molecule has 0 spiro atoms. The fourth-order valence-electron chi connectivity index (χ4n) is 3.93. The summed E-state index contributed by atoms with van der Waals surface area (Å²) in [6, 6.07) is 14.7. The SMILES string of the molecule is CCC(Oc1ccc(C(C)(C)C)cc1)C(=O)NC(C)c1ccc2c(c1)CCCC2. The minimum Gasteiger partial charge on any atom is -0.481 e. The zero-order valence-electron chi connectivity index (χ0n) is 18.5. The third-order valence-electron chi connectivity index (χ3n) is 5.89. The molecule has 2 unspecified atom stereocenters. The number of fused-ring (bicyclic) bond motifs is 1. The van der Waals surface area contributed by atoms with Gasteiger partial charge in [0.1, 0.15) is 5.75 Å². The van der Waals surface area contributed by atoms with Gasteiger partial charge in [0.15, 0.2) is 6.10 Å². The third-order valence-corrected chi connectivity index (χ3v) is 5.89. The number of rotatable bonds is 6. The molecule has 29 heavy (non-hydrogen) atoms. The van der Waals surface area contributed by atoms with Gasteiger partial charge in [-0.2, -0.15) is 0 Å². The summed E-state index contributed by atoms with van der Waals surface area (Å²) in [6.45, 7) is 10.6. The second kappa shape index (κ2) is 9.02. The quantitative estimate of drug-likeness (QED) is 0.664. The Morgan fingerprint density at radius 3 is 2.31 bits per heavy atom. The maximum absolute atomic E-state index is 12.8. The van der Waals surface area contributed by atoms with E-state index in [0.29, 0.717) is 6.42 Å². The van der Waals surface area contributed by atoms with E-state index in [1.54, 1.807) is 0 Å². The molecule has 0 aliphatic heterocycles. The molecule has 0 bridgehead atoms. The maximum atomic E-state index is 12.8. The number of hydrogen-bond acceptors (Lipinski definition) is 2. The summed E-state index contributed by atoms with van der Waals surface area (Å²) in [6.07, 6.45) is 5.01. The predicted molar refractivity (Wildman–Crippen MR) is 119 cm³/mol. The van der Waals surface area contributed by atoms with Gasteiger partial charge >= 0.3 is 0 Å². The lowest BCUT2D eigenvalue weighted by atomic mass is 9.87. The molecule has 3 nitrogen and oxygen atoms in total. The highest BCUT2D eigenvalue weighted by Crippen LogP contribution is 2.26. The molecule has 156 valence electrons. The van der Waals surface area contributed by atoms with Gasteiger partial charge in [0.05, 0.1) is 6.04 Å². The molecular weight excluding hydrogens is 358 g/mol. The van der Waals surface area contributed by atoms with Crippen LogP contribution in [0, 0.1) is 0 Å². The summed E-state index contributed by atoms with van der Waals surface area (Å²) < 4.78 is 6.01. The summed E-state index contributed by atoms with van der Waals surface area (Å²) in [5, 5.41) is 3.15. The lowest BCUT2D eigenvalue weighted by molar-refractivity contribution is -0.128. The van der Waals surface area contributed by atoms with Crippen molar-refractivity contribution < 1.29 is 9.53 Å². The Morgan fingerprint density at radius 1 is 1.03 bits per heavy atom. The van der Waals surface area contributed by atoms with Crippen LogP contribution in [0.4, 0.5) is 0 Å². The molecule has 3 rings (SSSR count). The topological polar surface area (TPSA) is 38.3 Å². The molecule has 2 atom stereocenters. The molecule has 0 fully saturated rings. The van der Waals surface area contributed by atoms with Gasteiger partial charge in [-0.1, -0.05) is 58.0 Å². The summed E-state index contributed by atoms with van der Waals surface area (Å²) in [5.74, 6) is 0.680. The minimum absolute atomic E-state index is 0.0318. The summed E-state index contributed by atoms with van der Waals surface area (Å²) in [4.78, 5) is 12.8. The van der Waals surface area contributed by atoms with E-state index in [-0.39, 0.29) is 17.4 Å². The molecule has 1 aliphatic carbocycles. The van der Waals surface area contributed by atoms with Crippen LogP contribution in [0.25, 0.3) is 0 Å². The van der Waals surface area contributed by atoms with Gasteiger partial charge in [0.25, 0.3) is 5.91 Å². The van der Waals surface area contributed by atoms with Crippen LogP contribution >= 0.6 is 0 Å². The number of carbonyl (C=O) groups is 1. The molecule has 1 N–H and O–H groups in total. The Morgan fingerprint density at radius 2 is 1.69 bits per heavy atom. The second-order valence-corrected chi connectivity index (χ2v) is 9.25. The van der Waals surface area contributed by atoms with Crippen molar-refractivity contribution in [2.24, 2.45) is 0 Å². The van der Waals surface area contributed by atoms with E-state index in [0.717, 1.165) is 12.2 Å². The van der Waals surface area contributed by atoms with Crippen LogP contribution in [0.2, 0.25) is 0 Å². The highest BCUT2D eigenvalue weighted by Gasteiger charge is 2.22. The Labute approximate surface area is 175 Å². The molecular formula is C26H35NO2. The van der Waals surface area contributed by atoms with E-state index in [4.69, 9.17) is 4.74 Å². The van der Waals surface area contributed by atoms with Crippen LogP contribution in [-0.4, -0.2) is 12.0 Å². The number of amides is 1. The Bertz CT molecular complexity index is 833. The number of hydrogen-bond donors (Lipinski definition) is 1. The van der Waals surface area contributed by atoms with Crippen LogP contribution in [0.1, 0.15) is 82.2 Å². The van der Waals surface area contributed by atoms with Crippen molar-refractivity contribution in [2.75, 3.05) is 0 Å². The molecule has 1 aliphatic rings. The molecule has 0 saturated carbocycles. The molecule has 0 radical (unpaired) electrons. The third kappa shape index (κ3) is 5.41. The first-order valence-electron chi connectivity index (χ1n) is 11.0. The zero-order chi connectivity index (χ0) is 21.0. The predicted octanol–water partition coefficient (Wildman–Crippen LogP) is 5.90. The number of aryl methyl sites for hydroxylation is 2. The molecule has 2 aromatic rings. The summed E-state index contributed by atoms with van der Waals surface area (Å²) in [7, 11) is 0. The first-order valence-corrected chi connectivity index (χ1v) is 11.0. The average molecular weight is 394 g/mol. The lowest BCUT2D eigenvalue weighted by Crippen LogP contribution is -2.39. The van der Waals surface area contributed by atoms with Gasteiger partial charge < -0.3 is 10.1 Å². The molecule has 3 heteroatoms. The lowest BCUT2D eigenvalue weighted by Gasteiger charge is -2.23. The Balaban J connectivity index is 1.63. The summed E-state index contributed by atoms with van der Waals surface area (Å²) in [5.41, 5.74) is 5.43. The minimum atomic E-state index is -0.490. The first kappa shape index (κ1) is 21.4. The average Bonchev–Trinajstić information content (AvgIpc) is 2.71. The van der Waals surface area contributed by atoms with E-state index in [1.807, 2.05) is 26.0 Å². The van der Waals surface area contributed by atoms with Crippen LogP contribution in [0.3, 0.4) is 0 Å². The highest BCUT2D eigenvalue weighted by atomic mass is 16.5. The molecule has 2 aromatic carbocycles. The van der Waals surface area contributed by atoms with Crippen LogP contribution in [-0.2, 0) is 23.1 Å². The fraction of sp³-hybridized carbons (Fsp3) is 0.500. The van der Waals surface area contributed by atoms with E-state index in [2.05, 4.69) is 56.4 Å². The standard InChI is InChI=1S/C26H35NO2/c1-6-24(29-23-15-13-22(14-16-23)26(3,4)5)25(28)27-18(2)20-12-11-19-9-7-8-10-21(19)17-20/h11-18,24H,6-10H2,1-5H3,(H,27,28). The number of ether oxygens (including phenoxy) is 1. The van der Waals surface area contributed by atoms with Gasteiger partial charge in [-0.15, -0.1) is 0 Å². The van der Waals surface area contributed by atoms with Gasteiger partial charge in [0.2, 0.25) is 0 Å². The Kier molecular flexibility index (Phi) is 6.66. The molecule has 0 heterocycles. The van der Waals surface area contributed by atoms with E-state index >= 15 is 0 Å². The highest BCUT2D eigenvalue weighted by molar-refractivity contribution is 5.81. The Hall–Kier alpha value is -2.29. The largest absolute Gasteiger partial charge is 0.481 e. The van der Waals surface area contributed by atoms with Gasteiger partial charge in [0, 0.05) is 0 Å².